The standard InChI is InChI=1S/C18H15BrClN3O3/c1-9-3-6-14(12(19)7-9)26-8-15(24)22-23-17-11-4-5-13(20)10(2)16(11)21-18(17)25/h3-7,21,25H,8H2,1-2H3. The fourth-order valence-corrected chi connectivity index (χ4v) is 3.21. The number of amides is 1. The van der Waals surface area contributed by atoms with Gasteiger partial charge < -0.3 is 14.8 Å². The van der Waals surface area contributed by atoms with Crippen LogP contribution in [0, 0.1) is 13.8 Å². The highest BCUT2D eigenvalue weighted by Crippen LogP contribution is 2.38. The van der Waals surface area contributed by atoms with Crippen molar-refractivity contribution < 1.29 is 14.6 Å². The third kappa shape index (κ3) is 3.73. The Morgan fingerprint density at radius 1 is 1.31 bits per heavy atom. The molecule has 3 rings (SSSR count). The maximum atomic E-state index is 11.9. The monoisotopic (exact) mass is 435 g/mol. The Balaban J connectivity index is 1.75. The van der Waals surface area contributed by atoms with Crippen LogP contribution in [-0.4, -0.2) is 22.6 Å². The molecule has 0 radical (unpaired) electrons. The van der Waals surface area contributed by atoms with E-state index in [0.29, 0.717) is 21.7 Å². The van der Waals surface area contributed by atoms with Crippen LogP contribution in [0.3, 0.4) is 0 Å². The third-order valence-corrected chi connectivity index (χ3v) is 4.85. The Morgan fingerprint density at radius 2 is 2.08 bits per heavy atom. The maximum Gasteiger partial charge on any atom is 0.302 e. The van der Waals surface area contributed by atoms with Crippen LogP contribution in [0.5, 0.6) is 11.6 Å². The van der Waals surface area contributed by atoms with Gasteiger partial charge in [0.15, 0.2) is 12.3 Å². The number of fused-ring (bicyclic) bond motifs is 1. The molecule has 0 saturated heterocycles. The Hall–Kier alpha value is -2.38. The summed E-state index contributed by atoms with van der Waals surface area (Å²) in [6.07, 6.45) is 0. The van der Waals surface area contributed by atoms with Crippen LogP contribution in [0.15, 0.2) is 45.0 Å². The zero-order valence-electron chi connectivity index (χ0n) is 14.0. The largest absolute Gasteiger partial charge is 0.493 e. The molecule has 3 aromatic rings. The molecule has 134 valence electrons. The average molecular weight is 437 g/mol. The van der Waals surface area contributed by atoms with E-state index in [2.05, 4.69) is 31.1 Å². The van der Waals surface area contributed by atoms with E-state index in [9.17, 15) is 9.90 Å². The number of azo groups is 1. The number of hydrogen-bond acceptors (Lipinski definition) is 4. The molecule has 0 aliphatic rings. The molecule has 0 fully saturated rings. The number of carbonyl (C=O) groups is 1. The minimum Gasteiger partial charge on any atom is -0.493 e. The molecule has 0 bridgehead atoms. The maximum absolute atomic E-state index is 11.9. The lowest BCUT2D eigenvalue weighted by Gasteiger charge is -2.06. The summed E-state index contributed by atoms with van der Waals surface area (Å²) < 4.78 is 6.19. The van der Waals surface area contributed by atoms with Gasteiger partial charge in [-0.1, -0.05) is 17.7 Å². The first-order valence-corrected chi connectivity index (χ1v) is 8.87. The van der Waals surface area contributed by atoms with Crippen molar-refractivity contribution in [3.63, 3.8) is 0 Å². The molecule has 0 aliphatic heterocycles. The molecule has 0 saturated carbocycles. The van der Waals surface area contributed by atoms with E-state index in [-0.39, 0.29) is 18.2 Å². The molecule has 0 aliphatic carbocycles. The van der Waals surface area contributed by atoms with Gasteiger partial charge in [0.2, 0.25) is 5.88 Å². The summed E-state index contributed by atoms with van der Waals surface area (Å²) >= 11 is 9.45. The quantitative estimate of drug-likeness (QED) is 0.522. The molecule has 2 N–H and O–H groups in total. The SMILES string of the molecule is Cc1ccc(OCC(=O)N=Nc2c(O)[nH]c3c(C)c(Cl)ccc23)c(Br)c1. The van der Waals surface area contributed by atoms with E-state index in [1.54, 1.807) is 18.2 Å². The molecule has 6 nitrogen and oxygen atoms in total. The van der Waals surface area contributed by atoms with Gasteiger partial charge in [0.05, 0.1) is 9.99 Å². The minimum absolute atomic E-state index is 0.177. The predicted octanol–water partition coefficient (Wildman–Crippen LogP) is 5.60. The fraction of sp³-hybridized carbons (Fsp3) is 0.167. The Bertz CT molecular complexity index is 1030. The van der Waals surface area contributed by atoms with E-state index in [1.165, 1.54) is 0 Å². The highest BCUT2D eigenvalue weighted by atomic mass is 79.9. The number of H-pyrrole nitrogens is 1. The number of carbonyl (C=O) groups excluding carboxylic acids is 1. The van der Waals surface area contributed by atoms with E-state index in [0.717, 1.165) is 15.6 Å². The summed E-state index contributed by atoms with van der Waals surface area (Å²) in [4.78, 5) is 14.7. The molecular weight excluding hydrogens is 422 g/mol. The van der Waals surface area contributed by atoms with Crippen LogP contribution < -0.4 is 4.74 Å². The summed E-state index contributed by atoms with van der Waals surface area (Å²) in [5.41, 5.74) is 2.68. The molecule has 1 amide bonds. The molecule has 8 heteroatoms. The Kier molecular flexibility index (Phi) is 5.29. The molecule has 0 atom stereocenters. The van der Waals surface area contributed by atoms with E-state index < -0.39 is 5.91 Å². The van der Waals surface area contributed by atoms with Gasteiger partial charge in [-0.15, -0.1) is 10.2 Å². The Labute approximate surface area is 163 Å². The second-order valence-corrected chi connectivity index (χ2v) is 6.99. The molecular formula is C18H15BrClN3O3. The molecule has 1 aromatic heterocycles. The zero-order chi connectivity index (χ0) is 18.8. The van der Waals surface area contributed by atoms with Crippen LogP contribution in [0.2, 0.25) is 5.02 Å². The van der Waals surface area contributed by atoms with Gasteiger partial charge in [-0.2, -0.15) is 0 Å². The van der Waals surface area contributed by atoms with Gasteiger partial charge in [0.1, 0.15) is 5.75 Å². The van der Waals surface area contributed by atoms with Crippen molar-refractivity contribution in [2.45, 2.75) is 13.8 Å². The number of aromatic nitrogens is 1. The highest BCUT2D eigenvalue weighted by molar-refractivity contribution is 9.10. The van der Waals surface area contributed by atoms with Crippen molar-refractivity contribution >= 4 is 50.0 Å². The fourth-order valence-electron chi connectivity index (χ4n) is 2.45. The average Bonchev–Trinajstić information content (AvgIpc) is 2.92. The summed E-state index contributed by atoms with van der Waals surface area (Å²) in [6.45, 7) is 3.51. The van der Waals surface area contributed by atoms with E-state index in [1.807, 2.05) is 26.0 Å². The topological polar surface area (TPSA) is 87.0 Å². The van der Waals surface area contributed by atoms with Gasteiger partial charge in [-0.3, -0.25) is 4.79 Å². The predicted molar refractivity (Wildman–Crippen MR) is 104 cm³/mol. The van der Waals surface area contributed by atoms with Crippen molar-refractivity contribution in [1.29, 1.82) is 0 Å². The first kappa shape index (κ1) is 18.4. The van der Waals surface area contributed by atoms with Crippen molar-refractivity contribution in [3.8, 4) is 11.6 Å². The van der Waals surface area contributed by atoms with Crippen LogP contribution in [-0.2, 0) is 4.79 Å². The molecule has 1 heterocycles. The second-order valence-electron chi connectivity index (χ2n) is 5.73. The van der Waals surface area contributed by atoms with Crippen molar-refractivity contribution in [2.75, 3.05) is 6.61 Å². The Morgan fingerprint density at radius 3 is 2.81 bits per heavy atom. The lowest BCUT2D eigenvalue weighted by Crippen LogP contribution is -2.08. The van der Waals surface area contributed by atoms with Gasteiger partial charge in [-0.05, 0) is 65.2 Å². The number of nitrogens with one attached hydrogen (secondary N) is 1. The van der Waals surface area contributed by atoms with E-state index >= 15 is 0 Å². The molecule has 0 unspecified atom stereocenters. The minimum atomic E-state index is -0.572. The number of benzene rings is 2. The summed E-state index contributed by atoms with van der Waals surface area (Å²) in [7, 11) is 0. The zero-order valence-corrected chi connectivity index (χ0v) is 16.3. The van der Waals surface area contributed by atoms with Gasteiger partial charge >= 0.3 is 5.91 Å². The molecule has 2 aromatic carbocycles. The summed E-state index contributed by atoms with van der Waals surface area (Å²) in [5, 5.41) is 18.7. The number of aromatic amines is 1. The third-order valence-electron chi connectivity index (χ3n) is 3.82. The number of rotatable bonds is 4. The van der Waals surface area contributed by atoms with Crippen LogP contribution in [0.1, 0.15) is 11.1 Å². The number of aryl methyl sites for hydroxylation is 2. The first-order chi connectivity index (χ1) is 12.4. The lowest BCUT2D eigenvalue weighted by molar-refractivity contribution is -0.120. The van der Waals surface area contributed by atoms with Crippen molar-refractivity contribution in [1.82, 2.24) is 4.98 Å². The lowest BCUT2D eigenvalue weighted by atomic mass is 10.1. The highest BCUT2D eigenvalue weighted by Gasteiger charge is 2.14. The second kappa shape index (κ2) is 7.47. The number of halogens is 2. The van der Waals surface area contributed by atoms with Gasteiger partial charge in [0.25, 0.3) is 0 Å². The molecule has 0 spiro atoms. The van der Waals surface area contributed by atoms with Crippen LogP contribution in [0.4, 0.5) is 5.69 Å². The van der Waals surface area contributed by atoms with Gasteiger partial charge in [-0.25, -0.2) is 0 Å². The molecule has 26 heavy (non-hydrogen) atoms. The van der Waals surface area contributed by atoms with Crippen LogP contribution in [0.25, 0.3) is 10.9 Å². The smallest absolute Gasteiger partial charge is 0.302 e. The number of hydrogen-bond donors (Lipinski definition) is 2. The van der Waals surface area contributed by atoms with Crippen LogP contribution >= 0.6 is 27.5 Å². The normalized spacial score (nSPS) is 11.4. The number of nitrogens with zero attached hydrogens (tertiary/aromatic N) is 2. The first-order valence-electron chi connectivity index (χ1n) is 7.70. The van der Waals surface area contributed by atoms with E-state index in [4.69, 9.17) is 16.3 Å². The summed E-state index contributed by atoms with van der Waals surface area (Å²) in [5.74, 6) is -0.208. The van der Waals surface area contributed by atoms with Crippen molar-refractivity contribution in [3.05, 3.63) is 51.0 Å². The number of ether oxygens (including phenoxy) is 1. The number of aromatic hydroxyl groups is 1. The summed E-state index contributed by atoms with van der Waals surface area (Å²) in [6, 6.07) is 8.94. The van der Waals surface area contributed by atoms with Gasteiger partial charge in [0, 0.05) is 10.4 Å². The van der Waals surface area contributed by atoms with Crippen molar-refractivity contribution in [2.24, 2.45) is 10.2 Å².